The number of aryl methyl sites for hydroxylation is 4. The van der Waals surface area contributed by atoms with Gasteiger partial charge in [-0.3, -0.25) is 4.79 Å². The van der Waals surface area contributed by atoms with Gasteiger partial charge >= 0.3 is 0 Å². The SMILES string of the molecule is Cc1cc(C)c(C)c(C(=O)C=C(O)c2c(C)c(C)cc(C)c2C)c1C. The normalized spacial score (nSPS) is 11.8. The molecule has 0 spiro atoms. The standard InChI is InChI=1S/C23H28O2/c1-12-9-13(2)17(6)22(16(12)5)20(24)11-21(25)23-18(7)14(3)10-15(4)19(23)8/h9-11,24H,1-8H3. The van der Waals surface area contributed by atoms with Crippen LogP contribution in [0.4, 0.5) is 0 Å². The summed E-state index contributed by atoms with van der Waals surface area (Å²) in [4.78, 5) is 12.9. The number of carbonyl (C=O) groups is 1. The van der Waals surface area contributed by atoms with Gasteiger partial charge in [0.2, 0.25) is 0 Å². The summed E-state index contributed by atoms with van der Waals surface area (Å²) in [7, 11) is 0. The summed E-state index contributed by atoms with van der Waals surface area (Å²) in [5.41, 5.74) is 9.87. The Kier molecular flexibility index (Phi) is 5.22. The van der Waals surface area contributed by atoms with Crippen LogP contribution in [0, 0.1) is 55.4 Å². The zero-order valence-corrected chi connectivity index (χ0v) is 16.6. The van der Waals surface area contributed by atoms with E-state index in [-0.39, 0.29) is 11.5 Å². The molecule has 0 saturated heterocycles. The second-order valence-electron chi connectivity index (χ2n) is 7.16. The van der Waals surface area contributed by atoms with E-state index in [0.717, 1.165) is 50.1 Å². The predicted molar refractivity (Wildman–Crippen MR) is 106 cm³/mol. The van der Waals surface area contributed by atoms with Gasteiger partial charge in [0.25, 0.3) is 0 Å². The van der Waals surface area contributed by atoms with E-state index in [2.05, 4.69) is 12.1 Å². The number of aliphatic hydroxyl groups is 1. The molecular formula is C23H28O2. The van der Waals surface area contributed by atoms with E-state index in [1.54, 1.807) is 0 Å². The van der Waals surface area contributed by atoms with Crippen LogP contribution < -0.4 is 0 Å². The van der Waals surface area contributed by atoms with Crippen molar-refractivity contribution in [3.63, 3.8) is 0 Å². The minimum atomic E-state index is -0.141. The summed E-state index contributed by atoms with van der Waals surface area (Å²) in [6.45, 7) is 16.0. The molecule has 0 bridgehead atoms. The lowest BCUT2D eigenvalue weighted by molar-refractivity contribution is 0.104. The topological polar surface area (TPSA) is 37.3 Å². The van der Waals surface area contributed by atoms with E-state index in [0.29, 0.717) is 5.56 Å². The molecule has 0 aliphatic heterocycles. The van der Waals surface area contributed by atoms with Gasteiger partial charge in [-0.05, 0) is 99.9 Å². The quantitative estimate of drug-likeness (QED) is 0.428. The third kappa shape index (κ3) is 3.39. The van der Waals surface area contributed by atoms with Crippen LogP contribution in [0.3, 0.4) is 0 Å². The molecule has 0 fully saturated rings. The number of benzene rings is 2. The van der Waals surface area contributed by atoms with Crippen LogP contribution in [-0.4, -0.2) is 10.9 Å². The molecule has 0 amide bonds. The highest BCUT2D eigenvalue weighted by atomic mass is 16.3. The molecule has 2 aromatic rings. The second-order valence-corrected chi connectivity index (χ2v) is 7.16. The van der Waals surface area contributed by atoms with Crippen molar-refractivity contribution in [2.24, 2.45) is 0 Å². The van der Waals surface area contributed by atoms with Crippen LogP contribution in [-0.2, 0) is 0 Å². The molecule has 0 radical (unpaired) electrons. The van der Waals surface area contributed by atoms with Gasteiger partial charge in [0, 0.05) is 17.2 Å². The molecule has 2 heteroatoms. The summed E-state index contributed by atoms with van der Waals surface area (Å²) < 4.78 is 0. The predicted octanol–water partition coefficient (Wildman–Crippen LogP) is 5.94. The number of carbonyl (C=O) groups excluding carboxylic acids is 1. The fraction of sp³-hybridized carbons (Fsp3) is 0.348. The highest BCUT2D eigenvalue weighted by Crippen LogP contribution is 2.28. The van der Waals surface area contributed by atoms with E-state index < -0.39 is 0 Å². The Morgan fingerprint density at radius 3 is 1.36 bits per heavy atom. The van der Waals surface area contributed by atoms with Crippen molar-refractivity contribution in [3.05, 3.63) is 73.8 Å². The average molecular weight is 336 g/mol. The molecule has 2 aromatic carbocycles. The van der Waals surface area contributed by atoms with E-state index in [9.17, 15) is 9.90 Å². The van der Waals surface area contributed by atoms with Gasteiger partial charge in [-0.15, -0.1) is 0 Å². The van der Waals surface area contributed by atoms with Crippen LogP contribution in [0.15, 0.2) is 18.2 Å². The molecule has 132 valence electrons. The molecule has 2 nitrogen and oxygen atoms in total. The maximum absolute atomic E-state index is 12.9. The third-order valence-electron chi connectivity index (χ3n) is 5.50. The van der Waals surface area contributed by atoms with Crippen LogP contribution in [0.2, 0.25) is 0 Å². The molecular weight excluding hydrogens is 308 g/mol. The minimum absolute atomic E-state index is 0.0461. The van der Waals surface area contributed by atoms with Crippen LogP contribution in [0.1, 0.15) is 60.4 Å². The van der Waals surface area contributed by atoms with E-state index in [1.165, 1.54) is 6.08 Å². The fourth-order valence-corrected chi connectivity index (χ4v) is 3.46. The average Bonchev–Trinajstić information content (AvgIpc) is 2.51. The van der Waals surface area contributed by atoms with Gasteiger partial charge in [0.15, 0.2) is 5.78 Å². The molecule has 0 atom stereocenters. The lowest BCUT2D eigenvalue weighted by Crippen LogP contribution is -2.07. The van der Waals surface area contributed by atoms with Crippen molar-refractivity contribution >= 4 is 11.5 Å². The Morgan fingerprint density at radius 1 is 0.680 bits per heavy atom. The van der Waals surface area contributed by atoms with Gasteiger partial charge in [-0.2, -0.15) is 0 Å². The molecule has 0 unspecified atom stereocenters. The maximum Gasteiger partial charge on any atom is 0.190 e. The maximum atomic E-state index is 12.9. The number of allylic oxidation sites excluding steroid dienone is 1. The number of rotatable bonds is 3. The highest BCUT2D eigenvalue weighted by molar-refractivity contribution is 6.10. The molecule has 0 aliphatic carbocycles. The van der Waals surface area contributed by atoms with Gasteiger partial charge < -0.3 is 5.11 Å². The Morgan fingerprint density at radius 2 is 1.00 bits per heavy atom. The molecule has 2 rings (SSSR count). The monoisotopic (exact) mass is 336 g/mol. The van der Waals surface area contributed by atoms with Gasteiger partial charge in [-0.1, -0.05) is 12.1 Å². The first kappa shape index (κ1) is 19.0. The lowest BCUT2D eigenvalue weighted by atomic mass is 9.89. The zero-order chi connectivity index (χ0) is 19.0. The summed E-state index contributed by atoms with van der Waals surface area (Å²) in [6, 6.07) is 4.21. The summed E-state index contributed by atoms with van der Waals surface area (Å²) >= 11 is 0. The Bertz CT molecular complexity index is 847. The van der Waals surface area contributed by atoms with Gasteiger partial charge in [0.05, 0.1) is 0 Å². The van der Waals surface area contributed by atoms with Crippen LogP contribution in [0.5, 0.6) is 0 Å². The summed E-state index contributed by atoms with van der Waals surface area (Å²) in [5, 5.41) is 10.7. The van der Waals surface area contributed by atoms with Gasteiger partial charge in [0.1, 0.15) is 5.76 Å². The van der Waals surface area contributed by atoms with E-state index in [1.807, 2.05) is 55.4 Å². The van der Waals surface area contributed by atoms with Crippen molar-refractivity contribution in [2.45, 2.75) is 55.4 Å². The second kappa shape index (κ2) is 6.87. The summed E-state index contributed by atoms with van der Waals surface area (Å²) in [5.74, 6) is -0.0954. The molecule has 0 heterocycles. The van der Waals surface area contributed by atoms with Crippen molar-refractivity contribution in [3.8, 4) is 0 Å². The van der Waals surface area contributed by atoms with E-state index >= 15 is 0 Å². The summed E-state index contributed by atoms with van der Waals surface area (Å²) in [6.07, 6.45) is 1.38. The molecule has 0 aliphatic rings. The first-order chi connectivity index (χ1) is 11.6. The number of ketones is 1. The minimum Gasteiger partial charge on any atom is -0.507 e. The first-order valence-electron chi connectivity index (χ1n) is 8.66. The van der Waals surface area contributed by atoms with Crippen LogP contribution >= 0.6 is 0 Å². The number of hydrogen-bond donors (Lipinski definition) is 1. The molecule has 1 N–H and O–H groups in total. The van der Waals surface area contributed by atoms with Crippen molar-refractivity contribution in [1.82, 2.24) is 0 Å². The highest BCUT2D eigenvalue weighted by Gasteiger charge is 2.17. The Balaban J connectivity index is 2.62. The van der Waals surface area contributed by atoms with Gasteiger partial charge in [-0.25, -0.2) is 0 Å². The zero-order valence-electron chi connectivity index (χ0n) is 16.6. The van der Waals surface area contributed by atoms with Crippen molar-refractivity contribution < 1.29 is 9.90 Å². The largest absolute Gasteiger partial charge is 0.507 e. The molecule has 0 saturated carbocycles. The smallest absolute Gasteiger partial charge is 0.190 e. The third-order valence-corrected chi connectivity index (χ3v) is 5.50. The van der Waals surface area contributed by atoms with Crippen LogP contribution in [0.25, 0.3) is 5.76 Å². The fourth-order valence-electron chi connectivity index (χ4n) is 3.46. The molecule has 0 aromatic heterocycles. The number of aliphatic hydroxyl groups excluding tert-OH is 1. The number of hydrogen-bond acceptors (Lipinski definition) is 2. The molecule has 25 heavy (non-hydrogen) atoms. The Hall–Kier alpha value is -2.35. The van der Waals surface area contributed by atoms with Crippen molar-refractivity contribution in [2.75, 3.05) is 0 Å². The first-order valence-corrected chi connectivity index (χ1v) is 8.66. The van der Waals surface area contributed by atoms with E-state index in [4.69, 9.17) is 0 Å². The lowest BCUT2D eigenvalue weighted by Gasteiger charge is -2.16. The van der Waals surface area contributed by atoms with Crippen molar-refractivity contribution in [1.29, 1.82) is 0 Å². The Labute approximate surface area is 151 Å².